The molecule has 9 heteroatoms. The summed E-state index contributed by atoms with van der Waals surface area (Å²) >= 11 is 0. The molecule has 0 unspecified atom stereocenters. The molecule has 2 aliphatic heterocycles. The van der Waals surface area contributed by atoms with Crippen molar-refractivity contribution >= 4 is 21.4 Å². The van der Waals surface area contributed by atoms with Crippen molar-refractivity contribution in [1.29, 1.82) is 0 Å². The number of nitro benzene ring substituents is 1. The van der Waals surface area contributed by atoms with Gasteiger partial charge in [-0.1, -0.05) is 19.3 Å². The minimum absolute atomic E-state index is 0.0186. The zero-order valence-corrected chi connectivity index (χ0v) is 17.8. The van der Waals surface area contributed by atoms with E-state index in [0.29, 0.717) is 37.8 Å². The van der Waals surface area contributed by atoms with Gasteiger partial charge < -0.3 is 9.80 Å². The van der Waals surface area contributed by atoms with E-state index in [0.717, 1.165) is 25.4 Å². The van der Waals surface area contributed by atoms with E-state index in [2.05, 4.69) is 9.80 Å². The summed E-state index contributed by atoms with van der Waals surface area (Å²) < 4.78 is 27.5. The Morgan fingerprint density at radius 1 is 1.00 bits per heavy atom. The number of sulfonamides is 1. The molecule has 0 radical (unpaired) electrons. The third-order valence-corrected chi connectivity index (χ3v) is 8.77. The number of hydrogen-bond donors (Lipinski definition) is 0. The largest absolute Gasteiger partial charge is 0.366 e. The Morgan fingerprint density at radius 3 is 2.38 bits per heavy atom. The summed E-state index contributed by atoms with van der Waals surface area (Å²) in [5.74, 6) is 1.32. The van der Waals surface area contributed by atoms with Crippen LogP contribution in [-0.2, 0) is 10.0 Å². The fraction of sp³-hybridized carbons (Fsp3) is 0.700. The molecule has 1 aliphatic carbocycles. The molecule has 1 aromatic rings. The highest BCUT2D eigenvalue weighted by atomic mass is 32.2. The minimum Gasteiger partial charge on any atom is -0.366 e. The number of hydrogen-bond acceptors (Lipinski definition) is 6. The van der Waals surface area contributed by atoms with Crippen LogP contribution < -0.4 is 4.90 Å². The Bertz CT molecular complexity index is 867. The van der Waals surface area contributed by atoms with E-state index in [1.54, 1.807) is 12.1 Å². The van der Waals surface area contributed by atoms with Crippen LogP contribution in [0.15, 0.2) is 23.1 Å². The van der Waals surface area contributed by atoms with Crippen LogP contribution in [0, 0.1) is 22.0 Å². The average Bonchev–Trinajstić information content (AvgIpc) is 2.73. The monoisotopic (exact) mass is 422 g/mol. The number of benzene rings is 1. The quantitative estimate of drug-likeness (QED) is 0.547. The van der Waals surface area contributed by atoms with Crippen molar-refractivity contribution in [2.45, 2.75) is 37.0 Å². The Morgan fingerprint density at radius 2 is 1.69 bits per heavy atom. The lowest BCUT2D eigenvalue weighted by molar-refractivity contribution is -0.384. The molecular weight excluding hydrogens is 392 g/mol. The summed E-state index contributed by atoms with van der Waals surface area (Å²) in [6, 6.07) is 4.45. The molecule has 1 saturated carbocycles. The Kier molecular flexibility index (Phi) is 5.81. The van der Waals surface area contributed by atoms with Crippen LogP contribution in [0.5, 0.6) is 0 Å². The van der Waals surface area contributed by atoms with Crippen molar-refractivity contribution in [3.05, 3.63) is 28.3 Å². The van der Waals surface area contributed by atoms with E-state index < -0.39 is 14.9 Å². The maximum Gasteiger partial charge on any atom is 0.293 e. The summed E-state index contributed by atoms with van der Waals surface area (Å²) in [4.78, 5) is 15.6. The number of nitrogens with zero attached hydrogens (tertiary/aromatic N) is 4. The van der Waals surface area contributed by atoms with Gasteiger partial charge in [0.1, 0.15) is 5.69 Å². The average molecular weight is 423 g/mol. The smallest absolute Gasteiger partial charge is 0.293 e. The minimum atomic E-state index is -3.72. The molecular formula is C20H30N4O4S. The molecule has 2 atom stereocenters. The maximum atomic E-state index is 13.0. The lowest BCUT2D eigenvalue weighted by Gasteiger charge is -2.42. The van der Waals surface area contributed by atoms with Gasteiger partial charge in [0.2, 0.25) is 10.0 Å². The van der Waals surface area contributed by atoms with Crippen molar-refractivity contribution in [3.8, 4) is 0 Å². The summed E-state index contributed by atoms with van der Waals surface area (Å²) in [6.45, 7) is 3.77. The highest BCUT2D eigenvalue weighted by Crippen LogP contribution is 2.40. The topological polar surface area (TPSA) is 87.0 Å². The molecule has 29 heavy (non-hydrogen) atoms. The molecule has 3 fully saturated rings. The second kappa shape index (κ2) is 8.20. The Labute approximate surface area is 172 Å². The van der Waals surface area contributed by atoms with E-state index in [1.807, 2.05) is 7.05 Å². The molecule has 3 aliphatic rings. The van der Waals surface area contributed by atoms with Gasteiger partial charge in [0.05, 0.1) is 9.82 Å². The van der Waals surface area contributed by atoms with Gasteiger partial charge in [-0.05, 0) is 43.9 Å². The molecule has 8 nitrogen and oxygen atoms in total. The van der Waals surface area contributed by atoms with E-state index >= 15 is 0 Å². The zero-order chi connectivity index (χ0) is 20.6. The van der Waals surface area contributed by atoms with Crippen LogP contribution >= 0.6 is 0 Å². The van der Waals surface area contributed by atoms with Gasteiger partial charge in [0.15, 0.2) is 0 Å². The van der Waals surface area contributed by atoms with Crippen LogP contribution in [0.4, 0.5) is 11.4 Å². The number of likely N-dealkylation sites (N-methyl/N-ethyl adjacent to an activating group) is 1. The van der Waals surface area contributed by atoms with Crippen LogP contribution in [-0.4, -0.2) is 68.9 Å². The SMILES string of the molecule is CN1CCN(S(=O)(=O)c2ccc(N3CC[C@@H]4CCCC[C@@H]4C3)c([N+](=O)[O-])c2)CC1. The van der Waals surface area contributed by atoms with E-state index in [1.165, 1.54) is 36.1 Å². The first kappa shape index (κ1) is 20.6. The van der Waals surface area contributed by atoms with Crippen molar-refractivity contribution in [2.24, 2.45) is 11.8 Å². The number of rotatable bonds is 4. The molecule has 4 rings (SSSR count). The third-order valence-electron chi connectivity index (χ3n) is 6.88. The molecule has 160 valence electrons. The van der Waals surface area contributed by atoms with Gasteiger partial charge >= 0.3 is 0 Å². The molecule has 1 aromatic carbocycles. The second-order valence-electron chi connectivity index (χ2n) is 8.65. The molecule has 0 bridgehead atoms. The Balaban J connectivity index is 1.59. The van der Waals surface area contributed by atoms with Crippen LogP contribution in [0.2, 0.25) is 0 Å². The first-order valence-corrected chi connectivity index (χ1v) is 12.0. The van der Waals surface area contributed by atoms with Gasteiger partial charge in [-0.15, -0.1) is 0 Å². The third kappa shape index (κ3) is 4.13. The summed E-state index contributed by atoms with van der Waals surface area (Å²) in [7, 11) is -1.77. The highest BCUT2D eigenvalue weighted by Gasteiger charge is 2.35. The number of anilines is 1. The number of fused-ring (bicyclic) bond motifs is 1. The first-order chi connectivity index (χ1) is 13.9. The van der Waals surface area contributed by atoms with Crippen LogP contribution in [0.1, 0.15) is 32.1 Å². The predicted molar refractivity (Wildman–Crippen MR) is 112 cm³/mol. The highest BCUT2D eigenvalue weighted by molar-refractivity contribution is 7.89. The van der Waals surface area contributed by atoms with Crippen LogP contribution in [0.25, 0.3) is 0 Å². The van der Waals surface area contributed by atoms with E-state index in [9.17, 15) is 18.5 Å². The predicted octanol–water partition coefficient (Wildman–Crippen LogP) is 2.55. The summed E-state index contributed by atoms with van der Waals surface area (Å²) in [5, 5.41) is 11.8. The van der Waals surface area contributed by atoms with Crippen molar-refractivity contribution in [3.63, 3.8) is 0 Å². The standard InChI is InChI=1S/C20H30N4O4S/c1-21-10-12-23(13-11-21)29(27,28)18-6-7-19(20(14-18)24(25)26)22-9-8-16-4-2-3-5-17(16)15-22/h6-7,14,16-17H,2-5,8-13,15H2,1H3/t16-,17+/m0/s1. The second-order valence-corrected chi connectivity index (χ2v) is 10.6. The van der Waals surface area contributed by atoms with Crippen molar-refractivity contribution < 1.29 is 13.3 Å². The van der Waals surface area contributed by atoms with Gasteiger partial charge in [0.25, 0.3) is 5.69 Å². The molecule has 0 spiro atoms. The lowest BCUT2D eigenvalue weighted by atomic mass is 9.75. The molecule has 0 aromatic heterocycles. The normalized spacial score (nSPS) is 26.9. The first-order valence-electron chi connectivity index (χ1n) is 10.6. The maximum absolute atomic E-state index is 13.0. The number of piperazine rings is 1. The van der Waals surface area contributed by atoms with Crippen molar-refractivity contribution in [1.82, 2.24) is 9.21 Å². The molecule has 0 amide bonds. The number of piperidine rings is 1. The molecule has 2 saturated heterocycles. The van der Waals surface area contributed by atoms with Gasteiger partial charge in [-0.3, -0.25) is 10.1 Å². The van der Waals surface area contributed by atoms with Gasteiger partial charge in [0, 0.05) is 45.3 Å². The lowest BCUT2D eigenvalue weighted by Crippen LogP contribution is -2.47. The van der Waals surface area contributed by atoms with E-state index in [-0.39, 0.29) is 10.6 Å². The van der Waals surface area contributed by atoms with Gasteiger partial charge in [-0.2, -0.15) is 4.31 Å². The number of nitro groups is 1. The van der Waals surface area contributed by atoms with Gasteiger partial charge in [-0.25, -0.2) is 8.42 Å². The zero-order valence-electron chi connectivity index (χ0n) is 17.0. The molecule has 2 heterocycles. The van der Waals surface area contributed by atoms with Crippen molar-refractivity contribution in [2.75, 3.05) is 51.2 Å². The summed E-state index contributed by atoms with van der Waals surface area (Å²) in [5.41, 5.74) is 0.450. The van der Waals surface area contributed by atoms with Crippen LogP contribution in [0.3, 0.4) is 0 Å². The van der Waals surface area contributed by atoms with E-state index in [4.69, 9.17) is 0 Å². The molecule has 0 N–H and O–H groups in total. The fourth-order valence-electron chi connectivity index (χ4n) is 5.07. The Hall–Kier alpha value is -1.71. The fourth-order valence-corrected chi connectivity index (χ4v) is 6.52. The summed E-state index contributed by atoms with van der Waals surface area (Å²) in [6.07, 6.45) is 6.04.